The van der Waals surface area contributed by atoms with E-state index in [0.717, 1.165) is 39.4 Å². The summed E-state index contributed by atoms with van der Waals surface area (Å²) in [5.74, 6) is 0. The van der Waals surface area contributed by atoms with Crippen molar-refractivity contribution in [1.82, 2.24) is 4.90 Å². The summed E-state index contributed by atoms with van der Waals surface area (Å²) < 4.78 is 5.91. The van der Waals surface area contributed by atoms with Crippen LogP contribution in [-0.4, -0.2) is 43.3 Å². The van der Waals surface area contributed by atoms with Crippen LogP contribution in [0.3, 0.4) is 0 Å². The van der Waals surface area contributed by atoms with Gasteiger partial charge in [-0.1, -0.05) is 48.5 Å². The minimum Gasteiger partial charge on any atom is -0.377 e. The first-order valence-corrected chi connectivity index (χ1v) is 9.03. The van der Waals surface area contributed by atoms with Crippen molar-refractivity contribution in [3.05, 3.63) is 66.2 Å². The molecule has 0 saturated carbocycles. The Morgan fingerprint density at radius 1 is 0.833 bits per heavy atom. The molecule has 2 fully saturated rings. The van der Waals surface area contributed by atoms with E-state index in [1.54, 1.807) is 0 Å². The first-order chi connectivity index (χ1) is 11.9. The highest BCUT2D eigenvalue weighted by molar-refractivity contribution is 5.49. The SMILES string of the molecule is c1ccc(CN2CCC3(CC2)COCCN3c2ccccc2)cc1. The van der Waals surface area contributed by atoms with Gasteiger partial charge in [-0.15, -0.1) is 0 Å². The third kappa shape index (κ3) is 3.19. The molecular weight excluding hydrogens is 296 g/mol. The molecule has 0 aliphatic carbocycles. The third-order valence-corrected chi connectivity index (χ3v) is 5.51. The molecule has 4 rings (SSSR count). The highest BCUT2D eigenvalue weighted by atomic mass is 16.5. The molecule has 0 amide bonds. The lowest BCUT2D eigenvalue weighted by atomic mass is 9.84. The highest BCUT2D eigenvalue weighted by Gasteiger charge is 2.42. The molecule has 0 aromatic heterocycles. The second kappa shape index (κ2) is 6.96. The molecule has 1 spiro atoms. The number of piperidine rings is 1. The average molecular weight is 322 g/mol. The maximum atomic E-state index is 5.91. The zero-order valence-electron chi connectivity index (χ0n) is 14.2. The monoisotopic (exact) mass is 322 g/mol. The Labute approximate surface area is 144 Å². The van der Waals surface area contributed by atoms with Gasteiger partial charge in [0.15, 0.2) is 0 Å². The van der Waals surface area contributed by atoms with E-state index in [1.165, 1.54) is 24.1 Å². The third-order valence-electron chi connectivity index (χ3n) is 5.51. The summed E-state index contributed by atoms with van der Waals surface area (Å²) in [6, 6.07) is 21.7. The predicted octanol–water partition coefficient (Wildman–Crippen LogP) is 3.56. The number of hydrogen-bond donors (Lipinski definition) is 0. The fourth-order valence-corrected chi connectivity index (χ4v) is 4.13. The Bertz CT molecular complexity index is 635. The van der Waals surface area contributed by atoms with Gasteiger partial charge in [0.05, 0.1) is 18.8 Å². The highest BCUT2D eigenvalue weighted by Crippen LogP contribution is 2.35. The Morgan fingerprint density at radius 2 is 1.50 bits per heavy atom. The van der Waals surface area contributed by atoms with Crippen LogP contribution in [0.2, 0.25) is 0 Å². The number of hydrogen-bond acceptors (Lipinski definition) is 3. The Balaban J connectivity index is 1.46. The zero-order chi connectivity index (χ0) is 16.2. The van der Waals surface area contributed by atoms with E-state index in [4.69, 9.17) is 4.74 Å². The van der Waals surface area contributed by atoms with Crippen LogP contribution < -0.4 is 4.90 Å². The molecule has 2 aromatic rings. The van der Waals surface area contributed by atoms with E-state index in [2.05, 4.69) is 70.5 Å². The standard InChI is InChI=1S/C21H26N2O/c1-3-7-19(8-4-1)17-22-13-11-21(12-14-22)18-24-16-15-23(21)20-9-5-2-6-10-20/h1-10H,11-18H2. The lowest BCUT2D eigenvalue weighted by molar-refractivity contribution is 0.0150. The summed E-state index contributed by atoms with van der Waals surface area (Å²) in [4.78, 5) is 5.19. The number of morpholine rings is 1. The molecule has 2 aliphatic heterocycles. The molecular formula is C21H26N2O. The number of nitrogens with zero attached hydrogens (tertiary/aromatic N) is 2. The van der Waals surface area contributed by atoms with Crippen molar-refractivity contribution >= 4 is 5.69 Å². The van der Waals surface area contributed by atoms with Gasteiger partial charge in [-0.05, 0) is 30.5 Å². The maximum absolute atomic E-state index is 5.91. The second-order valence-electron chi connectivity index (χ2n) is 7.03. The van der Waals surface area contributed by atoms with Crippen LogP contribution in [0.25, 0.3) is 0 Å². The van der Waals surface area contributed by atoms with E-state index in [-0.39, 0.29) is 5.54 Å². The molecule has 0 atom stereocenters. The van der Waals surface area contributed by atoms with Crippen LogP contribution in [0.5, 0.6) is 0 Å². The Morgan fingerprint density at radius 3 is 2.21 bits per heavy atom. The lowest BCUT2D eigenvalue weighted by Crippen LogP contribution is -2.61. The minimum atomic E-state index is 0.173. The topological polar surface area (TPSA) is 15.7 Å². The zero-order valence-corrected chi connectivity index (χ0v) is 14.2. The number of ether oxygens (including phenoxy) is 1. The summed E-state index contributed by atoms with van der Waals surface area (Å²) in [5.41, 5.74) is 2.93. The summed E-state index contributed by atoms with van der Waals surface area (Å²) in [5, 5.41) is 0. The molecule has 2 saturated heterocycles. The van der Waals surface area contributed by atoms with Crippen LogP contribution in [0.15, 0.2) is 60.7 Å². The second-order valence-corrected chi connectivity index (χ2v) is 7.03. The first-order valence-electron chi connectivity index (χ1n) is 9.03. The summed E-state index contributed by atoms with van der Waals surface area (Å²) in [6.07, 6.45) is 2.35. The van der Waals surface area contributed by atoms with Gasteiger partial charge in [0.1, 0.15) is 0 Å². The van der Waals surface area contributed by atoms with Gasteiger partial charge in [0, 0.05) is 31.9 Å². The molecule has 3 heteroatoms. The summed E-state index contributed by atoms with van der Waals surface area (Å²) in [7, 11) is 0. The maximum Gasteiger partial charge on any atom is 0.0700 e. The van der Waals surface area contributed by atoms with Crippen LogP contribution in [-0.2, 0) is 11.3 Å². The van der Waals surface area contributed by atoms with Crippen LogP contribution in [0.1, 0.15) is 18.4 Å². The Kier molecular flexibility index (Phi) is 4.54. The molecule has 0 N–H and O–H groups in total. The van der Waals surface area contributed by atoms with Gasteiger partial charge in [-0.2, -0.15) is 0 Å². The molecule has 24 heavy (non-hydrogen) atoms. The molecule has 0 bridgehead atoms. The number of benzene rings is 2. The van der Waals surface area contributed by atoms with Gasteiger partial charge in [0.2, 0.25) is 0 Å². The van der Waals surface area contributed by atoms with Gasteiger partial charge >= 0.3 is 0 Å². The van der Waals surface area contributed by atoms with Crippen LogP contribution >= 0.6 is 0 Å². The quantitative estimate of drug-likeness (QED) is 0.859. The predicted molar refractivity (Wildman–Crippen MR) is 98.3 cm³/mol. The van der Waals surface area contributed by atoms with E-state index in [0.29, 0.717) is 0 Å². The van der Waals surface area contributed by atoms with E-state index < -0.39 is 0 Å². The van der Waals surface area contributed by atoms with Gasteiger partial charge in [0.25, 0.3) is 0 Å². The van der Waals surface area contributed by atoms with E-state index in [9.17, 15) is 0 Å². The van der Waals surface area contributed by atoms with Crippen molar-refractivity contribution in [1.29, 1.82) is 0 Å². The van der Waals surface area contributed by atoms with Crippen molar-refractivity contribution in [2.45, 2.75) is 24.9 Å². The molecule has 2 heterocycles. The smallest absolute Gasteiger partial charge is 0.0700 e. The van der Waals surface area contributed by atoms with Crippen LogP contribution in [0.4, 0.5) is 5.69 Å². The van der Waals surface area contributed by atoms with E-state index >= 15 is 0 Å². The van der Waals surface area contributed by atoms with Crippen molar-refractivity contribution in [3.63, 3.8) is 0 Å². The summed E-state index contributed by atoms with van der Waals surface area (Å²) >= 11 is 0. The van der Waals surface area contributed by atoms with Gasteiger partial charge in [-0.25, -0.2) is 0 Å². The van der Waals surface area contributed by atoms with Crippen molar-refractivity contribution in [2.24, 2.45) is 0 Å². The fraction of sp³-hybridized carbons (Fsp3) is 0.429. The van der Waals surface area contributed by atoms with Gasteiger partial charge < -0.3 is 9.64 Å². The summed E-state index contributed by atoms with van der Waals surface area (Å²) in [6.45, 7) is 6.04. The molecule has 126 valence electrons. The number of rotatable bonds is 3. The van der Waals surface area contributed by atoms with Crippen molar-refractivity contribution < 1.29 is 4.74 Å². The van der Waals surface area contributed by atoms with Crippen molar-refractivity contribution in [3.8, 4) is 0 Å². The first kappa shape index (κ1) is 15.7. The van der Waals surface area contributed by atoms with Gasteiger partial charge in [-0.3, -0.25) is 4.90 Å². The number of para-hydroxylation sites is 1. The molecule has 0 radical (unpaired) electrons. The molecule has 3 nitrogen and oxygen atoms in total. The molecule has 2 aliphatic rings. The average Bonchev–Trinajstić information content (AvgIpc) is 2.66. The largest absolute Gasteiger partial charge is 0.377 e. The molecule has 0 unspecified atom stereocenters. The number of anilines is 1. The lowest BCUT2D eigenvalue weighted by Gasteiger charge is -2.52. The molecule has 2 aromatic carbocycles. The van der Waals surface area contributed by atoms with Crippen molar-refractivity contribution in [2.75, 3.05) is 37.7 Å². The normalized spacial score (nSPS) is 21.1. The van der Waals surface area contributed by atoms with E-state index in [1.807, 2.05) is 0 Å². The van der Waals surface area contributed by atoms with Crippen LogP contribution in [0, 0.1) is 0 Å². The minimum absolute atomic E-state index is 0.173. The number of likely N-dealkylation sites (tertiary alicyclic amines) is 1. The fourth-order valence-electron chi connectivity index (χ4n) is 4.13. The Hall–Kier alpha value is -1.84.